The van der Waals surface area contributed by atoms with Crippen molar-refractivity contribution in [1.29, 1.82) is 0 Å². The van der Waals surface area contributed by atoms with Gasteiger partial charge in [0, 0.05) is 11.1 Å². The first-order valence-corrected chi connectivity index (χ1v) is 10.1. The second kappa shape index (κ2) is 6.46. The van der Waals surface area contributed by atoms with Crippen molar-refractivity contribution in [3.8, 4) is 16.9 Å². The molecule has 1 heterocycles. The van der Waals surface area contributed by atoms with Crippen molar-refractivity contribution in [2.24, 2.45) is 5.14 Å². The lowest BCUT2D eigenvalue weighted by Crippen LogP contribution is -2.12. The number of rotatable bonds is 4. The summed E-state index contributed by atoms with van der Waals surface area (Å²) in [7, 11) is -3.90. The van der Waals surface area contributed by atoms with Crippen LogP contribution in [0, 0.1) is 0 Å². The third-order valence-electron chi connectivity index (χ3n) is 4.63. The van der Waals surface area contributed by atoms with Crippen LogP contribution in [0.15, 0.2) is 59.5 Å². The third kappa shape index (κ3) is 3.43. The zero-order chi connectivity index (χ0) is 20.1. The van der Waals surface area contributed by atoms with Crippen molar-refractivity contribution in [3.63, 3.8) is 0 Å². The zero-order valence-corrected chi connectivity index (χ0v) is 15.3. The molecule has 0 spiro atoms. The van der Waals surface area contributed by atoms with Crippen molar-refractivity contribution in [2.75, 3.05) is 0 Å². The van der Waals surface area contributed by atoms with Crippen LogP contribution in [0.5, 0.6) is 0 Å². The van der Waals surface area contributed by atoms with E-state index < -0.39 is 21.9 Å². The van der Waals surface area contributed by atoms with Crippen LogP contribution < -0.4 is 5.14 Å². The Balaban J connectivity index is 1.96. The first-order chi connectivity index (χ1) is 13.2. The molecule has 9 heteroatoms. The minimum absolute atomic E-state index is 0.122. The maximum absolute atomic E-state index is 13.7. The summed E-state index contributed by atoms with van der Waals surface area (Å²) in [5, 5.41) is 8.99. The molecule has 1 saturated carbocycles. The standard InChI is InChI=1S/C19H16F3N3O2S/c20-19(21,22)18-16(12-6-7-12)17(13-4-2-1-3-5-13)25(24-18)14-8-10-15(11-9-14)28(23,26)27/h1-5,8-12H,6-7H2,(H2,23,26,27). The Morgan fingerprint density at radius 2 is 1.61 bits per heavy atom. The summed E-state index contributed by atoms with van der Waals surface area (Å²) in [6.07, 6.45) is -3.23. The van der Waals surface area contributed by atoms with Gasteiger partial charge in [0.05, 0.1) is 16.3 Å². The summed E-state index contributed by atoms with van der Waals surface area (Å²) < 4.78 is 65.3. The molecule has 1 aliphatic carbocycles. The highest BCUT2D eigenvalue weighted by atomic mass is 32.2. The Labute approximate surface area is 159 Å². The van der Waals surface area contributed by atoms with E-state index in [1.54, 1.807) is 30.3 Å². The number of alkyl halides is 3. The number of hydrogen-bond donors (Lipinski definition) is 1. The lowest BCUT2D eigenvalue weighted by Gasteiger charge is -2.11. The van der Waals surface area contributed by atoms with Crippen LogP contribution in [-0.2, 0) is 16.2 Å². The molecule has 0 unspecified atom stereocenters. The lowest BCUT2D eigenvalue weighted by molar-refractivity contribution is -0.142. The molecule has 0 radical (unpaired) electrons. The molecule has 1 aliphatic rings. The number of halogens is 3. The largest absolute Gasteiger partial charge is 0.435 e. The molecule has 0 aliphatic heterocycles. The molecular formula is C19H16F3N3O2S. The number of benzene rings is 2. The van der Waals surface area contributed by atoms with Crippen molar-refractivity contribution in [1.82, 2.24) is 9.78 Å². The molecule has 0 amide bonds. The summed E-state index contributed by atoms with van der Waals surface area (Å²) in [4.78, 5) is -0.122. The fraction of sp³-hybridized carbons (Fsp3) is 0.211. The highest BCUT2D eigenvalue weighted by molar-refractivity contribution is 7.89. The van der Waals surface area contributed by atoms with E-state index in [9.17, 15) is 21.6 Å². The first kappa shape index (κ1) is 18.7. The van der Waals surface area contributed by atoms with Gasteiger partial charge in [0.25, 0.3) is 0 Å². The Hall–Kier alpha value is -2.65. The van der Waals surface area contributed by atoms with Gasteiger partial charge in [0.2, 0.25) is 10.0 Å². The van der Waals surface area contributed by atoms with Gasteiger partial charge in [-0.2, -0.15) is 18.3 Å². The Bertz CT molecular complexity index is 1120. The van der Waals surface area contributed by atoms with Gasteiger partial charge in [-0.05, 0) is 43.0 Å². The van der Waals surface area contributed by atoms with Crippen molar-refractivity contribution >= 4 is 10.0 Å². The molecule has 28 heavy (non-hydrogen) atoms. The second-order valence-corrected chi connectivity index (χ2v) is 8.26. The summed E-state index contributed by atoms with van der Waals surface area (Å²) in [6.45, 7) is 0. The topological polar surface area (TPSA) is 78.0 Å². The molecule has 4 rings (SSSR count). The highest BCUT2D eigenvalue weighted by Gasteiger charge is 2.44. The average Bonchev–Trinajstić information content (AvgIpc) is 3.39. The van der Waals surface area contributed by atoms with Gasteiger partial charge in [0.15, 0.2) is 5.69 Å². The molecule has 0 saturated heterocycles. The summed E-state index contributed by atoms with van der Waals surface area (Å²) in [5.74, 6) is -0.190. The number of hydrogen-bond acceptors (Lipinski definition) is 3. The molecule has 146 valence electrons. The lowest BCUT2D eigenvalue weighted by atomic mass is 10.0. The van der Waals surface area contributed by atoms with Crippen LogP contribution in [0.4, 0.5) is 13.2 Å². The normalized spacial score (nSPS) is 15.0. The molecule has 2 aromatic carbocycles. The monoisotopic (exact) mass is 407 g/mol. The van der Waals surface area contributed by atoms with Crippen LogP contribution in [-0.4, -0.2) is 18.2 Å². The van der Waals surface area contributed by atoms with Crippen LogP contribution in [0.2, 0.25) is 0 Å². The third-order valence-corrected chi connectivity index (χ3v) is 5.56. The molecule has 1 aromatic heterocycles. The van der Waals surface area contributed by atoms with Gasteiger partial charge in [-0.1, -0.05) is 30.3 Å². The van der Waals surface area contributed by atoms with Crippen molar-refractivity contribution in [2.45, 2.75) is 29.8 Å². The molecule has 0 bridgehead atoms. The molecule has 3 aromatic rings. The smallest absolute Gasteiger partial charge is 0.232 e. The van der Waals surface area contributed by atoms with Crippen LogP contribution >= 0.6 is 0 Å². The Kier molecular flexibility index (Phi) is 4.31. The van der Waals surface area contributed by atoms with E-state index in [4.69, 9.17) is 5.14 Å². The zero-order valence-electron chi connectivity index (χ0n) is 14.5. The minimum atomic E-state index is -4.59. The van der Waals surface area contributed by atoms with Crippen molar-refractivity contribution < 1.29 is 21.6 Å². The quantitative estimate of drug-likeness (QED) is 0.708. The van der Waals surface area contributed by atoms with E-state index in [0.29, 0.717) is 29.8 Å². The number of nitrogens with two attached hydrogens (primary N) is 1. The SMILES string of the molecule is NS(=O)(=O)c1ccc(-n2nc(C(F)(F)F)c(C3CC3)c2-c2ccccc2)cc1. The van der Waals surface area contributed by atoms with Gasteiger partial charge in [-0.15, -0.1) is 0 Å². The van der Waals surface area contributed by atoms with Gasteiger partial charge < -0.3 is 0 Å². The number of aromatic nitrogens is 2. The molecule has 2 N–H and O–H groups in total. The predicted molar refractivity (Wildman–Crippen MR) is 97.4 cm³/mol. The molecule has 1 fully saturated rings. The van der Waals surface area contributed by atoms with Gasteiger partial charge in [-0.3, -0.25) is 0 Å². The van der Waals surface area contributed by atoms with Gasteiger partial charge in [-0.25, -0.2) is 18.2 Å². The van der Waals surface area contributed by atoms with Crippen molar-refractivity contribution in [3.05, 3.63) is 65.9 Å². The predicted octanol–water partition coefficient (Wildman–Crippen LogP) is 4.08. The van der Waals surface area contributed by atoms with Crippen LogP contribution in [0.3, 0.4) is 0 Å². The average molecular weight is 407 g/mol. The van der Waals surface area contributed by atoms with E-state index in [2.05, 4.69) is 5.10 Å². The fourth-order valence-corrected chi connectivity index (χ4v) is 3.75. The minimum Gasteiger partial charge on any atom is -0.232 e. The van der Waals surface area contributed by atoms with Gasteiger partial charge >= 0.3 is 6.18 Å². The van der Waals surface area contributed by atoms with E-state index >= 15 is 0 Å². The summed E-state index contributed by atoms with van der Waals surface area (Å²) in [6, 6.07) is 14.1. The maximum atomic E-state index is 13.7. The summed E-state index contributed by atoms with van der Waals surface area (Å²) >= 11 is 0. The van der Waals surface area contributed by atoms with Gasteiger partial charge in [0.1, 0.15) is 0 Å². The van der Waals surface area contributed by atoms with E-state index in [-0.39, 0.29) is 16.4 Å². The number of sulfonamides is 1. The summed E-state index contributed by atoms with van der Waals surface area (Å²) in [5.41, 5.74) is 0.601. The van der Waals surface area contributed by atoms with E-state index in [1.807, 2.05) is 0 Å². The second-order valence-electron chi connectivity index (χ2n) is 6.70. The van der Waals surface area contributed by atoms with Crippen LogP contribution in [0.1, 0.15) is 30.0 Å². The Morgan fingerprint density at radius 3 is 2.11 bits per heavy atom. The first-order valence-electron chi connectivity index (χ1n) is 8.55. The fourth-order valence-electron chi connectivity index (χ4n) is 3.24. The maximum Gasteiger partial charge on any atom is 0.435 e. The van der Waals surface area contributed by atoms with Crippen LogP contribution in [0.25, 0.3) is 16.9 Å². The van der Waals surface area contributed by atoms with E-state index in [0.717, 1.165) is 0 Å². The highest BCUT2D eigenvalue weighted by Crippen LogP contribution is 2.50. The Morgan fingerprint density at radius 1 is 1.00 bits per heavy atom. The molecular weight excluding hydrogens is 391 g/mol. The van der Waals surface area contributed by atoms with E-state index in [1.165, 1.54) is 28.9 Å². The molecule has 0 atom stereocenters. The molecule has 5 nitrogen and oxygen atoms in total. The number of nitrogens with zero attached hydrogens (tertiary/aromatic N) is 2. The number of primary sulfonamides is 1.